The maximum absolute atomic E-state index is 14.2. The van der Waals surface area contributed by atoms with E-state index in [4.69, 9.17) is 9.72 Å². The number of nitrogens with zero attached hydrogens (tertiary/aromatic N) is 2. The van der Waals surface area contributed by atoms with Crippen LogP contribution in [0.4, 0.5) is 4.39 Å². The smallest absolute Gasteiger partial charge is 0.233 e. The Bertz CT molecular complexity index is 1150. The van der Waals surface area contributed by atoms with Crippen LogP contribution in [0.5, 0.6) is 0 Å². The van der Waals surface area contributed by atoms with Gasteiger partial charge in [0.1, 0.15) is 5.82 Å². The normalized spacial score (nSPS) is 19.8. The molecule has 4 nitrogen and oxygen atoms in total. The third-order valence-corrected chi connectivity index (χ3v) is 7.32. The van der Waals surface area contributed by atoms with Gasteiger partial charge in [-0.3, -0.25) is 9.78 Å². The second-order valence-corrected chi connectivity index (χ2v) is 9.58. The summed E-state index contributed by atoms with van der Waals surface area (Å²) in [5.41, 5.74) is 4.44. The predicted octanol–water partition coefficient (Wildman–Crippen LogP) is 5.53. The summed E-state index contributed by atoms with van der Waals surface area (Å²) in [6.07, 6.45) is 3.84. The van der Waals surface area contributed by atoms with Crippen molar-refractivity contribution < 1.29 is 13.9 Å². The van der Waals surface area contributed by atoms with Gasteiger partial charge in [-0.1, -0.05) is 48.0 Å². The quantitative estimate of drug-likeness (QED) is 0.505. The molecule has 34 heavy (non-hydrogen) atoms. The number of aryl methyl sites for hydroxylation is 1. The van der Waals surface area contributed by atoms with E-state index in [1.807, 2.05) is 24.3 Å². The van der Waals surface area contributed by atoms with E-state index in [-0.39, 0.29) is 17.8 Å². The van der Waals surface area contributed by atoms with Crippen molar-refractivity contribution >= 4 is 5.91 Å². The molecule has 2 saturated heterocycles. The van der Waals surface area contributed by atoms with E-state index in [9.17, 15) is 9.18 Å². The number of halogens is 1. The number of ether oxygens (including phenoxy) is 1. The number of amides is 1. The summed E-state index contributed by atoms with van der Waals surface area (Å²) in [6, 6.07) is 21.0. The first-order valence-corrected chi connectivity index (χ1v) is 12.2. The molecule has 2 aromatic carbocycles. The summed E-state index contributed by atoms with van der Waals surface area (Å²) in [5, 5.41) is 0. The minimum atomic E-state index is -0.548. The second-order valence-electron chi connectivity index (χ2n) is 9.58. The fourth-order valence-electron chi connectivity index (χ4n) is 5.45. The van der Waals surface area contributed by atoms with Crippen molar-refractivity contribution in [2.75, 3.05) is 19.8 Å². The van der Waals surface area contributed by atoms with Crippen molar-refractivity contribution in [3.05, 3.63) is 101 Å². The molecule has 2 fully saturated rings. The van der Waals surface area contributed by atoms with E-state index in [0.29, 0.717) is 32.5 Å². The Morgan fingerprint density at radius 2 is 1.85 bits per heavy atom. The van der Waals surface area contributed by atoms with Gasteiger partial charge in [-0.15, -0.1) is 0 Å². The first kappa shape index (κ1) is 22.7. The lowest BCUT2D eigenvalue weighted by atomic mass is 9.72. The van der Waals surface area contributed by atoms with Crippen molar-refractivity contribution in [2.24, 2.45) is 0 Å². The number of aromatic nitrogens is 1. The standard InChI is InChI=1S/C29H31FN2O2/c1-21-10-12-23(13-11-21)29(14-17-34-18-15-29)28(33)32-16-4-9-27(32)26-8-3-7-25(31-26)20-22-5-2-6-24(30)19-22/h2-3,5-8,10-13,19,27H,4,9,14-18,20H2,1H3/t27-/m1/s1. The number of benzene rings is 2. The number of hydrogen-bond donors (Lipinski definition) is 0. The fraction of sp³-hybridized carbons (Fsp3) is 0.379. The van der Waals surface area contributed by atoms with E-state index < -0.39 is 5.41 Å². The van der Waals surface area contributed by atoms with Crippen LogP contribution in [0.3, 0.4) is 0 Å². The van der Waals surface area contributed by atoms with Gasteiger partial charge in [0.05, 0.1) is 17.2 Å². The van der Waals surface area contributed by atoms with Crippen LogP contribution in [-0.4, -0.2) is 35.5 Å². The van der Waals surface area contributed by atoms with Gasteiger partial charge in [-0.05, 0) is 68.0 Å². The maximum atomic E-state index is 14.2. The van der Waals surface area contributed by atoms with E-state index in [1.54, 1.807) is 12.1 Å². The van der Waals surface area contributed by atoms with Gasteiger partial charge >= 0.3 is 0 Å². The zero-order valence-corrected chi connectivity index (χ0v) is 19.7. The molecular formula is C29H31FN2O2. The average Bonchev–Trinajstić information content (AvgIpc) is 3.35. The molecule has 1 aromatic heterocycles. The van der Waals surface area contributed by atoms with Crippen LogP contribution < -0.4 is 0 Å². The first-order valence-electron chi connectivity index (χ1n) is 12.2. The SMILES string of the molecule is Cc1ccc(C2(C(=O)N3CCC[C@@H]3c3cccc(Cc4cccc(F)c4)n3)CCOCC2)cc1. The highest BCUT2D eigenvalue weighted by Crippen LogP contribution is 2.41. The third-order valence-electron chi connectivity index (χ3n) is 7.32. The first-order chi connectivity index (χ1) is 16.5. The van der Waals surface area contributed by atoms with Crippen molar-refractivity contribution in [1.29, 1.82) is 0 Å². The Morgan fingerprint density at radius 3 is 2.62 bits per heavy atom. The largest absolute Gasteiger partial charge is 0.381 e. The van der Waals surface area contributed by atoms with Crippen LogP contribution in [0.25, 0.3) is 0 Å². The Hall–Kier alpha value is -3.05. The summed E-state index contributed by atoms with van der Waals surface area (Å²) in [5.74, 6) is -0.0430. The van der Waals surface area contributed by atoms with E-state index >= 15 is 0 Å². The summed E-state index contributed by atoms with van der Waals surface area (Å²) in [7, 11) is 0. The van der Waals surface area contributed by atoms with Gasteiger partial charge in [0.15, 0.2) is 0 Å². The van der Waals surface area contributed by atoms with Gasteiger partial charge in [-0.25, -0.2) is 4.39 Å². The molecule has 2 aliphatic rings. The Morgan fingerprint density at radius 1 is 1.09 bits per heavy atom. The number of carbonyl (C=O) groups excluding carboxylic acids is 1. The molecule has 2 aliphatic heterocycles. The highest BCUT2D eigenvalue weighted by molar-refractivity contribution is 5.89. The van der Waals surface area contributed by atoms with Crippen LogP contribution in [-0.2, 0) is 21.4 Å². The van der Waals surface area contributed by atoms with Crippen LogP contribution in [0.15, 0.2) is 66.7 Å². The lowest BCUT2D eigenvalue weighted by Crippen LogP contribution is -2.49. The zero-order valence-electron chi connectivity index (χ0n) is 19.7. The molecule has 5 rings (SSSR count). The zero-order chi connectivity index (χ0) is 23.5. The van der Waals surface area contributed by atoms with E-state index in [2.05, 4.69) is 36.1 Å². The van der Waals surface area contributed by atoms with Crippen LogP contribution in [0.1, 0.15) is 59.8 Å². The fourth-order valence-corrected chi connectivity index (χ4v) is 5.45. The Balaban J connectivity index is 1.43. The minimum absolute atomic E-state index is 0.0369. The molecule has 1 amide bonds. The number of likely N-dealkylation sites (tertiary alicyclic amines) is 1. The van der Waals surface area contributed by atoms with Gasteiger partial charge in [-0.2, -0.15) is 0 Å². The van der Waals surface area contributed by atoms with Crippen LogP contribution in [0, 0.1) is 12.7 Å². The molecule has 0 spiro atoms. The number of pyridine rings is 1. The van der Waals surface area contributed by atoms with Gasteiger partial charge in [0, 0.05) is 31.9 Å². The number of hydrogen-bond acceptors (Lipinski definition) is 3. The summed E-state index contributed by atoms with van der Waals surface area (Å²) in [4.78, 5) is 21.2. The minimum Gasteiger partial charge on any atom is -0.381 e. The molecule has 0 bridgehead atoms. The molecule has 0 radical (unpaired) electrons. The molecule has 0 unspecified atom stereocenters. The predicted molar refractivity (Wildman–Crippen MR) is 130 cm³/mol. The molecule has 3 heterocycles. The molecular weight excluding hydrogens is 427 g/mol. The second kappa shape index (κ2) is 9.67. The number of carbonyl (C=O) groups is 1. The summed E-state index contributed by atoms with van der Waals surface area (Å²) >= 11 is 0. The van der Waals surface area contributed by atoms with E-state index in [1.165, 1.54) is 11.6 Å². The monoisotopic (exact) mass is 458 g/mol. The van der Waals surface area contributed by atoms with Crippen molar-refractivity contribution in [1.82, 2.24) is 9.88 Å². The molecule has 1 atom stereocenters. The van der Waals surface area contributed by atoms with Crippen LogP contribution in [0.2, 0.25) is 0 Å². The van der Waals surface area contributed by atoms with Crippen LogP contribution >= 0.6 is 0 Å². The Kier molecular flexibility index (Phi) is 6.46. The molecule has 3 aromatic rings. The summed E-state index contributed by atoms with van der Waals surface area (Å²) < 4.78 is 19.3. The average molecular weight is 459 g/mol. The molecule has 5 heteroatoms. The topological polar surface area (TPSA) is 42.4 Å². The maximum Gasteiger partial charge on any atom is 0.233 e. The lowest BCUT2D eigenvalue weighted by molar-refractivity contribution is -0.142. The van der Waals surface area contributed by atoms with Crippen molar-refractivity contribution in [3.8, 4) is 0 Å². The summed E-state index contributed by atoms with van der Waals surface area (Å²) in [6.45, 7) is 4.01. The number of rotatable bonds is 5. The van der Waals surface area contributed by atoms with E-state index in [0.717, 1.165) is 41.9 Å². The molecule has 176 valence electrons. The van der Waals surface area contributed by atoms with Gasteiger partial charge < -0.3 is 9.64 Å². The lowest BCUT2D eigenvalue weighted by Gasteiger charge is -2.40. The Labute approximate surface area is 200 Å². The van der Waals surface area contributed by atoms with Gasteiger partial charge in [0.2, 0.25) is 5.91 Å². The third kappa shape index (κ3) is 4.49. The molecule has 0 saturated carbocycles. The molecule has 0 aliphatic carbocycles. The van der Waals surface area contributed by atoms with Crippen molar-refractivity contribution in [3.63, 3.8) is 0 Å². The van der Waals surface area contributed by atoms with Gasteiger partial charge in [0.25, 0.3) is 0 Å². The molecule has 0 N–H and O–H groups in total. The van der Waals surface area contributed by atoms with Crippen molar-refractivity contribution in [2.45, 2.75) is 50.5 Å². The highest BCUT2D eigenvalue weighted by atomic mass is 19.1. The highest BCUT2D eigenvalue weighted by Gasteiger charge is 2.47.